The predicted molar refractivity (Wildman–Crippen MR) is 126 cm³/mol. The van der Waals surface area contributed by atoms with Gasteiger partial charge >= 0.3 is 5.97 Å². The minimum atomic E-state index is -0.596. The predicted octanol–water partition coefficient (Wildman–Crippen LogP) is 4.55. The Hall–Kier alpha value is -3.98. The SMILES string of the molecule is CC(C)OC(=O)C(Cc1cccc(C#N)c1)C(C)NC(=O)c1ccc(-c2ccncc2)cc1. The van der Waals surface area contributed by atoms with Crippen molar-refractivity contribution < 1.29 is 14.3 Å². The van der Waals surface area contributed by atoms with Crippen LogP contribution in [0.4, 0.5) is 0 Å². The highest BCUT2D eigenvalue weighted by atomic mass is 16.5. The quantitative estimate of drug-likeness (QED) is 0.518. The molecule has 0 spiro atoms. The molecule has 2 aromatic carbocycles. The van der Waals surface area contributed by atoms with Crippen LogP contribution in [0.3, 0.4) is 0 Å². The van der Waals surface area contributed by atoms with Gasteiger partial charge in [0.1, 0.15) is 0 Å². The molecule has 0 fully saturated rings. The summed E-state index contributed by atoms with van der Waals surface area (Å²) in [7, 11) is 0. The molecule has 2 unspecified atom stereocenters. The number of pyridine rings is 1. The molecule has 1 aromatic heterocycles. The topological polar surface area (TPSA) is 92.1 Å². The van der Waals surface area contributed by atoms with Crippen molar-refractivity contribution in [1.82, 2.24) is 10.3 Å². The standard InChI is InChI=1S/C27H27N3O3/c1-18(2)33-27(32)25(16-20-5-4-6-21(15-20)17-28)19(3)30-26(31)24-9-7-22(8-10-24)23-11-13-29-14-12-23/h4-15,18-19,25H,16H2,1-3H3,(H,30,31). The summed E-state index contributed by atoms with van der Waals surface area (Å²) in [5, 5.41) is 12.1. The van der Waals surface area contributed by atoms with Gasteiger partial charge in [0.15, 0.2) is 0 Å². The molecular formula is C27H27N3O3. The van der Waals surface area contributed by atoms with Crippen LogP contribution in [-0.4, -0.2) is 29.0 Å². The number of hydrogen-bond acceptors (Lipinski definition) is 5. The van der Waals surface area contributed by atoms with E-state index in [1.54, 1.807) is 63.5 Å². The van der Waals surface area contributed by atoms with E-state index in [0.29, 0.717) is 17.5 Å². The zero-order valence-corrected chi connectivity index (χ0v) is 19.0. The van der Waals surface area contributed by atoms with Gasteiger partial charge in [0.05, 0.1) is 23.7 Å². The smallest absolute Gasteiger partial charge is 0.311 e. The Balaban J connectivity index is 1.74. The van der Waals surface area contributed by atoms with Crippen LogP contribution in [0.1, 0.15) is 42.3 Å². The highest BCUT2D eigenvalue weighted by Crippen LogP contribution is 2.20. The zero-order chi connectivity index (χ0) is 23.8. The number of esters is 1. The van der Waals surface area contributed by atoms with Gasteiger partial charge in [0.2, 0.25) is 0 Å². The molecule has 0 aliphatic carbocycles. The first-order chi connectivity index (χ1) is 15.9. The summed E-state index contributed by atoms with van der Waals surface area (Å²) in [6, 6.07) is 19.8. The summed E-state index contributed by atoms with van der Waals surface area (Å²) in [5.74, 6) is -1.24. The molecule has 0 aliphatic rings. The summed E-state index contributed by atoms with van der Waals surface area (Å²) in [5.41, 5.74) is 3.86. The van der Waals surface area contributed by atoms with Crippen LogP contribution in [0.15, 0.2) is 73.1 Å². The maximum Gasteiger partial charge on any atom is 0.311 e. The Labute approximate surface area is 194 Å². The van der Waals surface area contributed by atoms with E-state index < -0.39 is 12.0 Å². The first-order valence-electron chi connectivity index (χ1n) is 10.9. The van der Waals surface area contributed by atoms with Gasteiger partial charge in [-0.15, -0.1) is 0 Å². The number of benzene rings is 2. The van der Waals surface area contributed by atoms with E-state index in [4.69, 9.17) is 10.00 Å². The largest absolute Gasteiger partial charge is 0.463 e. The van der Waals surface area contributed by atoms with Crippen LogP contribution >= 0.6 is 0 Å². The van der Waals surface area contributed by atoms with Gasteiger partial charge in [-0.2, -0.15) is 5.26 Å². The summed E-state index contributed by atoms with van der Waals surface area (Å²) < 4.78 is 5.45. The minimum Gasteiger partial charge on any atom is -0.463 e. The number of rotatable bonds is 8. The molecule has 0 saturated carbocycles. The molecule has 0 bridgehead atoms. The maximum atomic E-state index is 12.9. The van der Waals surface area contributed by atoms with E-state index in [1.807, 2.05) is 30.3 Å². The number of nitriles is 1. The van der Waals surface area contributed by atoms with Crippen molar-refractivity contribution in [2.75, 3.05) is 0 Å². The molecule has 6 nitrogen and oxygen atoms in total. The average molecular weight is 442 g/mol. The summed E-state index contributed by atoms with van der Waals surface area (Å²) in [6.07, 6.45) is 3.53. The van der Waals surface area contributed by atoms with Gasteiger partial charge in [-0.3, -0.25) is 14.6 Å². The second kappa shape index (κ2) is 11.1. The number of carbonyl (C=O) groups excluding carboxylic acids is 2. The van der Waals surface area contributed by atoms with Gasteiger partial charge in [-0.25, -0.2) is 0 Å². The van der Waals surface area contributed by atoms with E-state index in [9.17, 15) is 9.59 Å². The number of nitrogens with one attached hydrogen (secondary N) is 1. The Bertz CT molecular complexity index is 1140. The van der Waals surface area contributed by atoms with E-state index in [2.05, 4.69) is 16.4 Å². The van der Waals surface area contributed by atoms with Gasteiger partial charge < -0.3 is 10.1 Å². The van der Waals surface area contributed by atoms with Crippen LogP contribution in [0.5, 0.6) is 0 Å². The van der Waals surface area contributed by atoms with Crippen molar-refractivity contribution in [2.24, 2.45) is 5.92 Å². The molecule has 33 heavy (non-hydrogen) atoms. The zero-order valence-electron chi connectivity index (χ0n) is 19.0. The molecule has 3 aromatic rings. The number of carbonyl (C=O) groups is 2. The number of hydrogen-bond donors (Lipinski definition) is 1. The van der Waals surface area contributed by atoms with Gasteiger partial charge in [0.25, 0.3) is 5.91 Å². The van der Waals surface area contributed by atoms with Crippen molar-refractivity contribution in [1.29, 1.82) is 5.26 Å². The molecule has 3 rings (SSSR count). The molecule has 168 valence electrons. The second-order valence-electron chi connectivity index (χ2n) is 8.18. The summed E-state index contributed by atoms with van der Waals surface area (Å²) in [4.78, 5) is 29.7. The maximum absolute atomic E-state index is 12.9. The summed E-state index contributed by atoms with van der Waals surface area (Å²) >= 11 is 0. The Kier molecular flexibility index (Phi) is 7.93. The molecular weight excluding hydrogens is 414 g/mol. The van der Waals surface area contributed by atoms with E-state index in [0.717, 1.165) is 16.7 Å². The normalized spacial score (nSPS) is 12.5. The number of ether oxygens (including phenoxy) is 1. The molecule has 1 N–H and O–H groups in total. The molecule has 0 aliphatic heterocycles. The van der Waals surface area contributed by atoms with E-state index in [1.165, 1.54) is 0 Å². The van der Waals surface area contributed by atoms with Crippen molar-refractivity contribution in [3.05, 3.63) is 89.7 Å². The monoisotopic (exact) mass is 441 g/mol. The molecule has 0 radical (unpaired) electrons. The third-order valence-electron chi connectivity index (χ3n) is 5.29. The Morgan fingerprint density at radius 2 is 1.67 bits per heavy atom. The lowest BCUT2D eigenvalue weighted by molar-refractivity contribution is -0.153. The van der Waals surface area contributed by atoms with Crippen molar-refractivity contribution in [2.45, 2.75) is 39.3 Å². The van der Waals surface area contributed by atoms with Crippen LogP contribution in [-0.2, 0) is 16.0 Å². The van der Waals surface area contributed by atoms with Gasteiger partial charge in [0, 0.05) is 24.0 Å². The highest BCUT2D eigenvalue weighted by molar-refractivity contribution is 5.95. The lowest BCUT2D eigenvalue weighted by Crippen LogP contribution is -2.43. The first-order valence-corrected chi connectivity index (χ1v) is 10.9. The minimum absolute atomic E-state index is 0.267. The molecule has 2 atom stereocenters. The molecule has 0 saturated heterocycles. The van der Waals surface area contributed by atoms with Crippen molar-refractivity contribution in [3.63, 3.8) is 0 Å². The van der Waals surface area contributed by atoms with Crippen molar-refractivity contribution in [3.8, 4) is 17.2 Å². The Morgan fingerprint density at radius 3 is 2.30 bits per heavy atom. The number of nitrogens with zero attached hydrogens (tertiary/aromatic N) is 2. The second-order valence-corrected chi connectivity index (χ2v) is 8.18. The number of aromatic nitrogens is 1. The highest BCUT2D eigenvalue weighted by Gasteiger charge is 2.29. The fourth-order valence-electron chi connectivity index (χ4n) is 3.55. The van der Waals surface area contributed by atoms with Crippen LogP contribution in [0.2, 0.25) is 0 Å². The lowest BCUT2D eigenvalue weighted by atomic mass is 9.92. The third kappa shape index (κ3) is 6.50. The fourth-order valence-corrected chi connectivity index (χ4v) is 3.55. The van der Waals surface area contributed by atoms with Gasteiger partial charge in [-0.1, -0.05) is 24.3 Å². The molecule has 1 amide bonds. The first kappa shape index (κ1) is 23.7. The average Bonchev–Trinajstić information content (AvgIpc) is 2.82. The van der Waals surface area contributed by atoms with Crippen molar-refractivity contribution >= 4 is 11.9 Å². The van der Waals surface area contributed by atoms with E-state index >= 15 is 0 Å². The van der Waals surface area contributed by atoms with Crippen LogP contribution in [0, 0.1) is 17.2 Å². The summed E-state index contributed by atoms with van der Waals surface area (Å²) in [6.45, 7) is 5.38. The van der Waals surface area contributed by atoms with E-state index in [-0.39, 0.29) is 18.0 Å². The molecule has 1 heterocycles. The van der Waals surface area contributed by atoms with Crippen LogP contribution in [0.25, 0.3) is 11.1 Å². The fraction of sp³-hybridized carbons (Fsp3) is 0.259. The Morgan fingerprint density at radius 1 is 1.00 bits per heavy atom. The van der Waals surface area contributed by atoms with Gasteiger partial charge in [-0.05, 0) is 80.3 Å². The third-order valence-corrected chi connectivity index (χ3v) is 5.29. The van der Waals surface area contributed by atoms with Crippen LogP contribution < -0.4 is 5.32 Å². The number of amides is 1. The molecule has 6 heteroatoms. The lowest BCUT2D eigenvalue weighted by Gasteiger charge is -2.25.